The number of rotatable bonds is 4. The predicted molar refractivity (Wildman–Crippen MR) is 97.6 cm³/mol. The normalized spacial score (nSPS) is 17.2. The fourth-order valence-electron chi connectivity index (χ4n) is 2.97. The van der Waals surface area contributed by atoms with Gasteiger partial charge in [-0.15, -0.1) is 24.8 Å². The summed E-state index contributed by atoms with van der Waals surface area (Å²) in [6, 6.07) is 8.09. The molecule has 2 heterocycles. The number of aryl methyl sites for hydroxylation is 1. The van der Waals surface area contributed by atoms with Gasteiger partial charge in [-0.25, -0.2) is 4.98 Å². The molecule has 23 heavy (non-hydrogen) atoms. The van der Waals surface area contributed by atoms with E-state index in [1.165, 1.54) is 6.42 Å². The van der Waals surface area contributed by atoms with Gasteiger partial charge in [-0.1, -0.05) is 18.6 Å². The van der Waals surface area contributed by atoms with Gasteiger partial charge in [0.1, 0.15) is 5.82 Å². The second-order valence-electron chi connectivity index (χ2n) is 5.59. The Morgan fingerprint density at radius 2 is 2.13 bits per heavy atom. The van der Waals surface area contributed by atoms with Gasteiger partial charge in [-0.3, -0.25) is 4.79 Å². The number of amides is 1. The van der Waals surface area contributed by atoms with Crippen LogP contribution in [0.2, 0.25) is 0 Å². The first-order valence-electron chi connectivity index (χ1n) is 7.68. The minimum atomic E-state index is -0.0145. The van der Waals surface area contributed by atoms with Crippen LogP contribution in [0.25, 0.3) is 11.0 Å². The molecule has 2 aromatic rings. The van der Waals surface area contributed by atoms with E-state index in [2.05, 4.69) is 26.3 Å². The van der Waals surface area contributed by atoms with Crippen LogP contribution >= 0.6 is 24.8 Å². The van der Waals surface area contributed by atoms with Gasteiger partial charge in [0.05, 0.1) is 17.1 Å². The smallest absolute Gasteiger partial charge is 0.237 e. The molecular formula is C16H24Cl2N4O. The molecule has 0 spiro atoms. The third-order valence-corrected chi connectivity index (χ3v) is 4.11. The van der Waals surface area contributed by atoms with E-state index in [-0.39, 0.29) is 36.8 Å². The number of benzene rings is 1. The van der Waals surface area contributed by atoms with E-state index < -0.39 is 0 Å². The molecule has 1 aliphatic rings. The lowest BCUT2D eigenvalue weighted by Gasteiger charge is -2.22. The molecule has 1 amide bonds. The summed E-state index contributed by atoms with van der Waals surface area (Å²) < 4.78 is 2.16. The molecule has 1 aromatic carbocycles. The highest BCUT2D eigenvalue weighted by atomic mass is 35.5. The number of aromatic nitrogens is 2. The van der Waals surface area contributed by atoms with Crippen LogP contribution in [0.3, 0.4) is 0 Å². The fourth-order valence-corrected chi connectivity index (χ4v) is 2.97. The monoisotopic (exact) mass is 358 g/mol. The van der Waals surface area contributed by atoms with Crippen molar-refractivity contribution in [3.8, 4) is 0 Å². The predicted octanol–water partition coefficient (Wildman–Crippen LogP) is 2.45. The Labute approximate surface area is 149 Å². The Morgan fingerprint density at radius 3 is 2.87 bits per heavy atom. The van der Waals surface area contributed by atoms with Crippen molar-refractivity contribution in [1.29, 1.82) is 0 Å². The molecule has 1 saturated heterocycles. The summed E-state index contributed by atoms with van der Waals surface area (Å²) >= 11 is 0. The minimum absolute atomic E-state index is 0. The molecule has 0 unspecified atom stereocenters. The van der Waals surface area contributed by atoms with Gasteiger partial charge in [-0.2, -0.15) is 0 Å². The first-order chi connectivity index (χ1) is 10.3. The molecule has 1 fully saturated rings. The van der Waals surface area contributed by atoms with Crippen molar-refractivity contribution >= 4 is 41.8 Å². The SMILES string of the molecule is Cc1nc2ccccc2n1CCNC(=O)[C@@H]1CCCCN1.Cl.Cl. The number of imidazole rings is 1. The lowest BCUT2D eigenvalue weighted by molar-refractivity contribution is -0.123. The van der Waals surface area contributed by atoms with E-state index in [9.17, 15) is 4.79 Å². The van der Waals surface area contributed by atoms with E-state index in [4.69, 9.17) is 0 Å². The number of hydrogen-bond acceptors (Lipinski definition) is 3. The minimum Gasteiger partial charge on any atom is -0.353 e. The van der Waals surface area contributed by atoms with Crippen LogP contribution in [-0.2, 0) is 11.3 Å². The van der Waals surface area contributed by atoms with Gasteiger partial charge in [-0.05, 0) is 38.4 Å². The highest BCUT2D eigenvalue weighted by Crippen LogP contribution is 2.14. The highest BCUT2D eigenvalue weighted by Gasteiger charge is 2.19. The molecule has 1 aliphatic heterocycles. The number of halogens is 2. The van der Waals surface area contributed by atoms with Crippen LogP contribution in [0, 0.1) is 6.92 Å². The molecule has 0 aliphatic carbocycles. The van der Waals surface area contributed by atoms with Crippen molar-refractivity contribution in [3.63, 3.8) is 0 Å². The molecule has 0 saturated carbocycles. The largest absolute Gasteiger partial charge is 0.353 e. The van der Waals surface area contributed by atoms with Crippen molar-refractivity contribution < 1.29 is 4.79 Å². The Balaban J connectivity index is 0.00000132. The van der Waals surface area contributed by atoms with Crippen molar-refractivity contribution in [2.24, 2.45) is 0 Å². The molecule has 0 radical (unpaired) electrons. The Kier molecular flexibility index (Phi) is 7.82. The number of nitrogens with zero attached hydrogens (tertiary/aromatic N) is 2. The van der Waals surface area contributed by atoms with E-state index >= 15 is 0 Å². The summed E-state index contributed by atoms with van der Waals surface area (Å²) in [5.41, 5.74) is 2.13. The molecule has 7 heteroatoms. The fraction of sp³-hybridized carbons (Fsp3) is 0.500. The van der Waals surface area contributed by atoms with E-state index in [1.54, 1.807) is 0 Å². The summed E-state index contributed by atoms with van der Waals surface area (Å²) in [4.78, 5) is 16.6. The molecule has 2 N–H and O–H groups in total. The Morgan fingerprint density at radius 1 is 1.35 bits per heavy atom. The third-order valence-electron chi connectivity index (χ3n) is 4.11. The van der Waals surface area contributed by atoms with Crippen molar-refractivity contribution in [1.82, 2.24) is 20.2 Å². The maximum absolute atomic E-state index is 12.1. The summed E-state index contributed by atoms with van der Waals surface area (Å²) in [6.07, 6.45) is 3.25. The molecule has 5 nitrogen and oxygen atoms in total. The maximum Gasteiger partial charge on any atom is 0.237 e. The molecular weight excluding hydrogens is 335 g/mol. The van der Waals surface area contributed by atoms with Crippen molar-refractivity contribution in [3.05, 3.63) is 30.1 Å². The average molecular weight is 359 g/mol. The van der Waals surface area contributed by atoms with Gasteiger partial charge >= 0.3 is 0 Å². The Hall–Kier alpha value is -1.30. The molecule has 1 atom stereocenters. The van der Waals surface area contributed by atoms with Crippen LogP contribution in [0.15, 0.2) is 24.3 Å². The number of carbonyl (C=O) groups is 1. The first kappa shape index (κ1) is 19.7. The average Bonchev–Trinajstić information content (AvgIpc) is 2.84. The topological polar surface area (TPSA) is 59.0 Å². The lowest BCUT2D eigenvalue weighted by atomic mass is 10.0. The highest BCUT2D eigenvalue weighted by molar-refractivity contribution is 5.85. The van der Waals surface area contributed by atoms with Crippen molar-refractivity contribution in [2.75, 3.05) is 13.1 Å². The third kappa shape index (κ3) is 4.59. The van der Waals surface area contributed by atoms with E-state index in [0.29, 0.717) is 6.54 Å². The van der Waals surface area contributed by atoms with Gasteiger partial charge in [0, 0.05) is 13.1 Å². The zero-order valence-corrected chi connectivity index (χ0v) is 14.9. The zero-order valence-electron chi connectivity index (χ0n) is 13.2. The van der Waals surface area contributed by atoms with Gasteiger partial charge in [0.2, 0.25) is 5.91 Å². The number of nitrogens with one attached hydrogen (secondary N) is 2. The number of piperidine rings is 1. The molecule has 128 valence electrons. The summed E-state index contributed by atoms with van der Waals surface area (Å²) in [7, 11) is 0. The van der Waals surface area contributed by atoms with Crippen LogP contribution < -0.4 is 10.6 Å². The molecule has 1 aromatic heterocycles. The molecule has 3 rings (SSSR count). The second kappa shape index (κ2) is 9.11. The van der Waals surface area contributed by atoms with E-state index in [0.717, 1.165) is 42.8 Å². The maximum atomic E-state index is 12.1. The first-order valence-corrected chi connectivity index (χ1v) is 7.68. The number of para-hydroxylation sites is 2. The Bertz CT molecular complexity index is 638. The van der Waals surface area contributed by atoms with Gasteiger partial charge in [0.25, 0.3) is 0 Å². The number of hydrogen-bond donors (Lipinski definition) is 2. The summed E-state index contributed by atoms with van der Waals surface area (Å²) in [5, 5.41) is 6.30. The second-order valence-corrected chi connectivity index (χ2v) is 5.59. The van der Waals surface area contributed by atoms with Gasteiger partial charge in [0.15, 0.2) is 0 Å². The quantitative estimate of drug-likeness (QED) is 0.882. The summed E-state index contributed by atoms with van der Waals surface area (Å²) in [6.45, 7) is 4.34. The van der Waals surface area contributed by atoms with Crippen molar-refractivity contribution in [2.45, 2.75) is 38.8 Å². The van der Waals surface area contributed by atoms with E-state index in [1.807, 2.05) is 25.1 Å². The number of fused-ring (bicyclic) bond motifs is 1. The molecule has 0 bridgehead atoms. The lowest BCUT2D eigenvalue weighted by Crippen LogP contribution is -2.47. The standard InChI is InChI=1S/C16H22N4O.2ClH/c1-12-19-13-6-2-3-8-15(13)20(12)11-10-18-16(21)14-7-4-5-9-17-14;;/h2-3,6,8,14,17H,4-5,7,9-11H2,1H3,(H,18,21);2*1H/t14-;;/m0../s1. The van der Waals surface area contributed by atoms with Crippen LogP contribution in [0.4, 0.5) is 0 Å². The van der Waals surface area contributed by atoms with Crippen LogP contribution in [0.5, 0.6) is 0 Å². The number of carbonyl (C=O) groups excluding carboxylic acids is 1. The van der Waals surface area contributed by atoms with Gasteiger partial charge < -0.3 is 15.2 Å². The summed E-state index contributed by atoms with van der Waals surface area (Å²) in [5.74, 6) is 1.11. The zero-order chi connectivity index (χ0) is 14.7. The van der Waals surface area contributed by atoms with Crippen LogP contribution in [0.1, 0.15) is 25.1 Å². The van der Waals surface area contributed by atoms with Crippen LogP contribution in [-0.4, -0.2) is 34.6 Å².